The number of fused-ring (bicyclic) bond motifs is 1. The van der Waals surface area contributed by atoms with Crippen LogP contribution >= 0.6 is 0 Å². The Hall–Kier alpha value is -2.57. The van der Waals surface area contributed by atoms with Crippen molar-refractivity contribution in [1.29, 1.82) is 0 Å². The van der Waals surface area contributed by atoms with E-state index >= 15 is 0 Å². The molecule has 162 valence electrons. The van der Waals surface area contributed by atoms with Crippen molar-refractivity contribution in [1.82, 2.24) is 10.2 Å². The molecule has 1 aromatic carbocycles. The lowest BCUT2D eigenvalue weighted by atomic mass is 9.84. The molecule has 1 aromatic rings. The van der Waals surface area contributed by atoms with Gasteiger partial charge in [0.25, 0.3) is 0 Å². The van der Waals surface area contributed by atoms with Crippen LogP contribution in [0, 0.1) is 0 Å². The highest BCUT2D eigenvalue weighted by Gasteiger charge is 2.44. The fraction of sp³-hybridized carbons (Fsp3) is 0.609. The highest BCUT2D eigenvalue weighted by molar-refractivity contribution is 6.00. The van der Waals surface area contributed by atoms with Crippen molar-refractivity contribution in [2.45, 2.75) is 76.0 Å². The summed E-state index contributed by atoms with van der Waals surface area (Å²) < 4.78 is 11.6. The van der Waals surface area contributed by atoms with Crippen LogP contribution in [0.5, 0.6) is 11.5 Å². The van der Waals surface area contributed by atoms with Crippen molar-refractivity contribution in [3.8, 4) is 11.5 Å². The number of methoxy groups -OCH3 is 1. The molecule has 2 heterocycles. The number of ketones is 1. The summed E-state index contributed by atoms with van der Waals surface area (Å²) in [6.45, 7) is 2.18. The molecule has 2 aliphatic heterocycles. The van der Waals surface area contributed by atoms with E-state index in [1.54, 1.807) is 37.1 Å². The van der Waals surface area contributed by atoms with Gasteiger partial charge in [-0.15, -0.1) is 0 Å². The molecule has 2 fully saturated rings. The van der Waals surface area contributed by atoms with Crippen LogP contribution in [0.3, 0.4) is 0 Å². The number of carbonyl (C=O) groups excluding carboxylic acids is 3. The van der Waals surface area contributed by atoms with E-state index < -0.39 is 11.6 Å². The van der Waals surface area contributed by atoms with E-state index in [1.807, 2.05) is 0 Å². The zero-order valence-corrected chi connectivity index (χ0v) is 17.7. The number of hydrogen-bond donors (Lipinski definition) is 1. The topological polar surface area (TPSA) is 84.9 Å². The monoisotopic (exact) mass is 414 g/mol. The zero-order valence-electron chi connectivity index (χ0n) is 17.7. The summed E-state index contributed by atoms with van der Waals surface area (Å²) in [4.78, 5) is 40.0. The van der Waals surface area contributed by atoms with Crippen LogP contribution in [-0.2, 0) is 9.59 Å². The molecule has 1 spiro atoms. The first kappa shape index (κ1) is 20.7. The Labute approximate surface area is 177 Å². The van der Waals surface area contributed by atoms with E-state index in [4.69, 9.17) is 9.47 Å². The third-order valence-corrected chi connectivity index (χ3v) is 6.77. The molecule has 0 radical (unpaired) electrons. The minimum Gasteiger partial charge on any atom is -0.497 e. The van der Waals surface area contributed by atoms with Gasteiger partial charge in [-0.25, -0.2) is 0 Å². The molecule has 2 unspecified atom stereocenters. The normalized spacial score (nSPS) is 25.5. The van der Waals surface area contributed by atoms with Gasteiger partial charge >= 0.3 is 0 Å². The predicted molar refractivity (Wildman–Crippen MR) is 111 cm³/mol. The van der Waals surface area contributed by atoms with Gasteiger partial charge in [0.2, 0.25) is 11.8 Å². The summed E-state index contributed by atoms with van der Waals surface area (Å²) in [5, 5.41) is 3.09. The highest BCUT2D eigenvalue weighted by Crippen LogP contribution is 2.41. The third-order valence-electron chi connectivity index (χ3n) is 6.77. The van der Waals surface area contributed by atoms with Gasteiger partial charge in [0.15, 0.2) is 5.78 Å². The number of rotatable bonds is 4. The van der Waals surface area contributed by atoms with E-state index in [2.05, 4.69) is 5.32 Å². The second kappa shape index (κ2) is 8.28. The van der Waals surface area contributed by atoms with Crippen LogP contribution in [0.15, 0.2) is 18.2 Å². The van der Waals surface area contributed by atoms with Gasteiger partial charge in [-0.1, -0.05) is 12.8 Å². The number of likely N-dealkylation sites (tertiary alicyclic amines) is 1. The van der Waals surface area contributed by atoms with Crippen molar-refractivity contribution in [2.75, 3.05) is 13.7 Å². The molecule has 7 nitrogen and oxygen atoms in total. The van der Waals surface area contributed by atoms with Crippen LogP contribution in [0.4, 0.5) is 0 Å². The number of Topliss-reactive ketones (excluding diaryl/α,β-unsaturated/α-hetero) is 1. The Kier molecular flexibility index (Phi) is 5.71. The Balaban J connectivity index is 1.47. The maximum atomic E-state index is 12.8. The van der Waals surface area contributed by atoms with Gasteiger partial charge < -0.3 is 19.7 Å². The van der Waals surface area contributed by atoms with Crippen LogP contribution < -0.4 is 14.8 Å². The van der Waals surface area contributed by atoms with Gasteiger partial charge in [0.05, 0.1) is 19.1 Å². The summed E-state index contributed by atoms with van der Waals surface area (Å²) in [6.07, 6.45) is 5.78. The number of nitrogens with one attached hydrogen (secondary N) is 1. The standard InChI is InChI=1S/C23H30N2O5/c1-15(22(28)24-16-5-3-4-6-16)25-12-11-23(10-9-21(25)27)14-19(26)18-8-7-17(29-2)13-20(18)30-23/h7-8,13,15-16H,3-6,9-12,14H2,1-2H3,(H,24,28). The summed E-state index contributed by atoms with van der Waals surface area (Å²) in [5.41, 5.74) is -0.166. The SMILES string of the molecule is COc1ccc2c(c1)OC1(CCC(=O)N(C(C)C(=O)NC3CCCC3)CC1)CC2=O. The molecule has 7 heteroatoms. The molecular formula is C23H30N2O5. The smallest absolute Gasteiger partial charge is 0.242 e. The molecule has 3 aliphatic rings. The summed E-state index contributed by atoms with van der Waals surface area (Å²) in [6, 6.07) is 4.91. The molecule has 1 N–H and O–H groups in total. The lowest BCUT2D eigenvalue weighted by molar-refractivity contribution is -0.139. The van der Waals surface area contributed by atoms with Gasteiger partial charge in [0, 0.05) is 31.5 Å². The molecule has 0 aromatic heterocycles. The maximum absolute atomic E-state index is 12.8. The molecule has 2 atom stereocenters. The number of hydrogen-bond acceptors (Lipinski definition) is 5. The molecular weight excluding hydrogens is 384 g/mol. The molecule has 4 rings (SSSR count). The van der Waals surface area contributed by atoms with Crippen molar-refractivity contribution in [3.05, 3.63) is 23.8 Å². The highest BCUT2D eigenvalue weighted by atomic mass is 16.5. The molecule has 30 heavy (non-hydrogen) atoms. The molecule has 0 bridgehead atoms. The minimum atomic E-state index is -0.720. The van der Waals surface area contributed by atoms with E-state index in [-0.39, 0.29) is 36.5 Å². The van der Waals surface area contributed by atoms with Crippen molar-refractivity contribution >= 4 is 17.6 Å². The fourth-order valence-corrected chi connectivity index (χ4v) is 4.88. The number of amides is 2. The Morgan fingerprint density at radius 1 is 1.27 bits per heavy atom. The van der Waals surface area contributed by atoms with Crippen LogP contribution in [-0.4, -0.2) is 53.8 Å². The number of carbonyl (C=O) groups is 3. The van der Waals surface area contributed by atoms with E-state index in [0.29, 0.717) is 36.4 Å². The molecule has 1 saturated heterocycles. The van der Waals surface area contributed by atoms with Gasteiger partial charge in [-0.3, -0.25) is 14.4 Å². The number of ether oxygens (including phenoxy) is 2. The summed E-state index contributed by atoms with van der Waals surface area (Å²) in [5.74, 6) is 1.00. The first-order valence-electron chi connectivity index (χ1n) is 10.9. The van der Waals surface area contributed by atoms with Gasteiger partial charge in [0.1, 0.15) is 23.1 Å². The second-order valence-electron chi connectivity index (χ2n) is 8.75. The van der Waals surface area contributed by atoms with Gasteiger partial charge in [-0.2, -0.15) is 0 Å². The van der Waals surface area contributed by atoms with Crippen molar-refractivity contribution < 1.29 is 23.9 Å². The summed E-state index contributed by atoms with van der Waals surface area (Å²) >= 11 is 0. The van der Waals surface area contributed by atoms with Crippen LogP contribution in [0.1, 0.15) is 68.6 Å². The largest absolute Gasteiger partial charge is 0.497 e. The van der Waals surface area contributed by atoms with E-state index in [9.17, 15) is 14.4 Å². The quantitative estimate of drug-likeness (QED) is 0.819. The fourth-order valence-electron chi connectivity index (χ4n) is 4.88. The number of benzene rings is 1. The van der Waals surface area contributed by atoms with Crippen LogP contribution in [0.2, 0.25) is 0 Å². The first-order chi connectivity index (χ1) is 14.4. The zero-order chi connectivity index (χ0) is 21.3. The Morgan fingerprint density at radius 3 is 2.77 bits per heavy atom. The predicted octanol–water partition coefficient (Wildman–Crippen LogP) is 2.86. The van der Waals surface area contributed by atoms with Crippen molar-refractivity contribution in [3.63, 3.8) is 0 Å². The minimum absolute atomic E-state index is 0.0202. The lowest BCUT2D eigenvalue weighted by Crippen LogP contribution is -2.50. The Morgan fingerprint density at radius 2 is 2.03 bits per heavy atom. The third kappa shape index (κ3) is 4.02. The average molecular weight is 415 g/mol. The maximum Gasteiger partial charge on any atom is 0.242 e. The molecule has 1 aliphatic carbocycles. The van der Waals surface area contributed by atoms with E-state index in [1.165, 1.54) is 0 Å². The average Bonchev–Trinajstić information content (AvgIpc) is 3.19. The lowest BCUT2D eigenvalue weighted by Gasteiger charge is -2.37. The summed E-state index contributed by atoms with van der Waals surface area (Å²) in [7, 11) is 1.57. The van der Waals surface area contributed by atoms with Gasteiger partial charge in [-0.05, 0) is 38.3 Å². The molecule has 2 amide bonds. The first-order valence-corrected chi connectivity index (χ1v) is 10.9. The van der Waals surface area contributed by atoms with Crippen molar-refractivity contribution in [2.24, 2.45) is 0 Å². The Bertz CT molecular complexity index is 848. The van der Waals surface area contributed by atoms with Crippen LogP contribution in [0.25, 0.3) is 0 Å². The molecule has 1 saturated carbocycles. The second-order valence-corrected chi connectivity index (χ2v) is 8.75. The number of nitrogens with zero attached hydrogens (tertiary/aromatic N) is 1. The van der Waals surface area contributed by atoms with E-state index in [0.717, 1.165) is 25.7 Å².